The molecule has 0 amide bonds. The van der Waals surface area contributed by atoms with E-state index in [1.54, 1.807) is 0 Å². The van der Waals surface area contributed by atoms with Crippen LogP contribution in [0.5, 0.6) is 17.2 Å². The Kier molecular flexibility index (Phi) is 6.42. The standard InChI is InChI=1S/C13H9ClFNO4.Na.H/c1-19-12-4-2-8(15)6-13(12)20-11-5-3-9(16(17)18)7-10(11)14;;/h2-7H,1H3;;. The number of hydrogen-bond acceptors (Lipinski definition) is 4. The summed E-state index contributed by atoms with van der Waals surface area (Å²) in [7, 11) is 1.41. The van der Waals surface area contributed by atoms with E-state index in [0.29, 0.717) is 5.75 Å². The number of nitro groups is 1. The Labute approximate surface area is 147 Å². The van der Waals surface area contributed by atoms with Gasteiger partial charge in [0.05, 0.1) is 17.1 Å². The first-order chi connectivity index (χ1) is 9.51. The number of halogens is 2. The third-order valence-electron chi connectivity index (χ3n) is 2.47. The van der Waals surface area contributed by atoms with Crippen molar-refractivity contribution in [1.29, 1.82) is 0 Å². The van der Waals surface area contributed by atoms with Crippen LogP contribution in [0.1, 0.15) is 0 Å². The topological polar surface area (TPSA) is 61.6 Å². The summed E-state index contributed by atoms with van der Waals surface area (Å²) < 4.78 is 23.7. The fourth-order valence-corrected chi connectivity index (χ4v) is 1.75. The Bertz CT molecular complexity index is 669. The number of ether oxygens (including phenoxy) is 2. The first kappa shape index (κ1) is 17.7. The van der Waals surface area contributed by atoms with Gasteiger partial charge in [-0.1, -0.05) is 11.6 Å². The van der Waals surface area contributed by atoms with Crippen LogP contribution in [0.3, 0.4) is 0 Å². The van der Waals surface area contributed by atoms with Crippen LogP contribution in [-0.4, -0.2) is 41.6 Å². The monoisotopic (exact) mass is 321 g/mol. The molecule has 0 saturated heterocycles. The molecule has 2 rings (SSSR count). The van der Waals surface area contributed by atoms with E-state index in [-0.39, 0.29) is 51.8 Å². The van der Waals surface area contributed by atoms with E-state index in [0.717, 1.165) is 12.1 Å². The quantitative estimate of drug-likeness (QED) is 0.491. The van der Waals surface area contributed by atoms with Crippen molar-refractivity contribution in [3.63, 3.8) is 0 Å². The molecular weight excluding hydrogens is 312 g/mol. The molecule has 0 aliphatic carbocycles. The zero-order valence-electron chi connectivity index (χ0n) is 10.3. The molecule has 0 atom stereocenters. The van der Waals surface area contributed by atoms with Crippen molar-refractivity contribution in [1.82, 2.24) is 0 Å². The van der Waals surface area contributed by atoms with E-state index in [1.165, 1.54) is 31.4 Å². The molecule has 0 aliphatic heterocycles. The van der Waals surface area contributed by atoms with Gasteiger partial charge in [0, 0.05) is 18.2 Å². The number of rotatable bonds is 4. The molecule has 21 heavy (non-hydrogen) atoms. The van der Waals surface area contributed by atoms with E-state index in [4.69, 9.17) is 21.1 Å². The van der Waals surface area contributed by atoms with E-state index in [1.807, 2.05) is 0 Å². The SMILES string of the molecule is COc1ccc(F)cc1Oc1ccc([N+](=O)[O-])cc1Cl.[NaH]. The van der Waals surface area contributed by atoms with Crippen LogP contribution in [-0.2, 0) is 0 Å². The molecule has 0 aromatic heterocycles. The molecule has 0 aliphatic rings. The van der Waals surface area contributed by atoms with Gasteiger partial charge in [-0.05, 0) is 18.2 Å². The van der Waals surface area contributed by atoms with Gasteiger partial charge >= 0.3 is 29.6 Å². The molecule has 106 valence electrons. The number of hydrogen-bond donors (Lipinski definition) is 0. The van der Waals surface area contributed by atoms with Crippen molar-refractivity contribution in [2.45, 2.75) is 0 Å². The van der Waals surface area contributed by atoms with Gasteiger partial charge in [0.1, 0.15) is 11.6 Å². The van der Waals surface area contributed by atoms with Gasteiger partial charge in [-0.2, -0.15) is 0 Å². The van der Waals surface area contributed by atoms with Crippen molar-refractivity contribution in [3.8, 4) is 17.2 Å². The normalized spacial score (nSPS) is 9.67. The average molecular weight is 322 g/mol. The predicted octanol–water partition coefficient (Wildman–Crippen LogP) is 3.54. The van der Waals surface area contributed by atoms with Crippen LogP contribution in [0, 0.1) is 15.9 Å². The maximum absolute atomic E-state index is 13.2. The van der Waals surface area contributed by atoms with Crippen LogP contribution in [0.4, 0.5) is 10.1 Å². The molecule has 2 aromatic carbocycles. The van der Waals surface area contributed by atoms with Crippen molar-refractivity contribution >= 4 is 46.8 Å². The van der Waals surface area contributed by atoms with E-state index in [9.17, 15) is 14.5 Å². The first-order valence-corrected chi connectivity index (χ1v) is 5.84. The summed E-state index contributed by atoms with van der Waals surface area (Å²) in [6.45, 7) is 0. The Morgan fingerprint density at radius 2 is 1.81 bits per heavy atom. The summed E-state index contributed by atoms with van der Waals surface area (Å²) in [5, 5.41) is 10.7. The molecule has 0 unspecified atom stereocenters. The van der Waals surface area contributed by atoms with Crippen LogP contribution in [0.2, 0.25) is 5.02 Å². The molecule has 8 heteroatoms. The van der Waals surface area contributed by atoms with Gasteiger partial charge in [-0.25, -0.2) is 4.39 Å². The fourth-order valence-electron chi connectivity index (χ4n) is 1.53. The van der Waals surface area contributed by atoms with Crippen molar-refractivity contribution in [2.75, 3.05) is 7.11 Å². The third-order valence-corrected chi connectivity index (χ3v) is 2.77. The second kappa shape index (κ2) is 7.61. The summed E-state index contributed by atoms with van der Waals surface area (Å²) in [6, 6.07) is 7.50. The Morgan fingerprint density at radius 3 is 2.38 bits per heavy atom. The fraction of sp³-hybridized carbons (Fsp3) is 0.0769. The summed E-state index contributed by atoms with van der Waals surface area (Å²) in [6.07, 6.45) is 0. The molecule has 0 N–H and O–H groups in total. The van der Waals surface area contributed by atoms with Crippen LogP contribution in [0.15, 0.2) is 36.4 Å². The minimum absolute atomic E-state index is 0. The van der Waals surface area contributed by atoms with Crippen molar-refractivity contribution in [2.24, 2.45) is 0 Å². The molecular formula is C13H10ClFNNaO4. The second-order valence-corrected chi connectivity index (χ2v) is 4.18. The molecule has 5 nitrogen and oxygen atoms in total. The van der Waals surface area contributed by atoms with E-state index >= 15 is 0 Å². The van der Waals surface area contributed by atoms with Crippen molar-refractivity contribution < 1.29 is 18.8 Å². The molecule has 0 spiro atoms. The second-order valence-electron chi connectivity index (χ2n) is 3.77. The predicted molar refractivity (Wildman–Crippen MR) is 78.3 cm³/mol. The third kappa shape index (κ3) is 4.31. The minimum atomic E-state index is -0.571. The Hall–Kier alpha value is -1.34. The van der Waals surface area contributed by atoms with Crippen LogP contribution >= 0.6 is 11.6 Å². The first-order valence-electron chi connectivity index (χ1n) is 5.46. The summed E-state index contributed by atoms with van der Waals surface area (Å²) in [5.74, 6) is 0.115. The molecule has 2 aromatic rings. The number of benzene rings is 2. The van der Waals surface area contributed by atoms with Gasteiger partial charge in [0.25, 0.3) is 5.69 Å². The van der Waals surface area contributed by atoms with Gasteiger partial charge in [0.15, 0.2) is 11.5 Å². The molecule has 0 radical (unpaired) electrons. The summed E-state index contributed by atoms with van der Waals surface area (Å²) >= 11 is 5.89. The van der Waals surface area contributed by atoms with Gasteiger partial charge in [-0.15, -0.1) is 0 Å². The number of nitrogens with zero attached hydrogens (tertiary/aromatic N) is 1. The maximum atomic E-state index is 13.2. The van der Waals surface area contributed by atoms with Crippen LogP contribution < -0.4 is 9.47 Å². The molecule has 0 fully saturated rings. The Morgan fingerprint density at radius 1 is 1.14 bits per heavy atom. The van der Waals surface area contributed by atoms with Gasteiger partial charge in [-0.3, -0.25) is 10.1 Å². The molecule has 0 bridgehead atoms. The zero-order valence-corrected chi connectivity index (χ0v) is 11.1. The van der Waals surface area contributed by atoms with Gasteiger partial charge < -0.3 is 9.47 Å². The van der Waals surface area contributed by atoms with E-state index < -0.39 is 10.7 Å². The summed E-state index contributed by atoms with van der Waals surface area (Å²) in [5.41, 5.74) is -0.159. The number of nitro benzene ring substituents is 1. The Balaban J connectivity index is 0.00000220. The molecule has 0 saturated carbocycles. The molecule has 0 heterocycles. The average Bonchev–Trinajstić information content (AvgIpc) is 2.41. The van der Waals surface area contributed by atoms with Crippen molar-refractivity contribution in [3.05, 3.63) is 57.4 Å². The van der Waals surface area contributed by atoms with Crippen LogP contribution in [0.25, 0.3) is 0 Å². The zero-order chi connectivity index (χ0) is 14.7. The van der Waals surface area contributed by atoms with Gasteiger partial charge in [0.2, 0.25) is 0 Å². The number of non-ortho nitro benzene ring substituents is 1. The number of methoxy groups -OCH3 is 1. The van der Waals surface area contributed by atoms with E-state index in [2.05, 4.69) is 0 Å². The summed E-state index contributed by atoms with van der Waals surface area (Å²) in [4.78, 5) is 10.0.